The van der Waals surface area contributed by atoms with Gasteiger partial charge in [-0.05, 0) is 92.1 Å². The largest absolute Gasteiger partial charge is 0.393 e. The zero-order valence-electron chi connectivity index (χ0n) is 25.5. The van der Waals surface area contributed by atoms with Gasteiger partial charge in [-0.1, -0.05) is 89.3 Å². The van der Waals surface area contributed by atoms with E-state index in [1.54, 1.807) is 0 Å². The molecule has 0 radical (unpaired) electrons. The zero-order valence-corrected chi connectivity index (χ0v) is 25.5. The lowest BCUT2D eigenvalue weighted by Gasteiger charge is -2.44. The molecule has 0 aromatic carbocycles. The predicted molar refractivity (Wildman–Crippen MR) is 164 cm³/mol. The maximum Gasteiger partial charge on any atom is 0.141 e. The van der Waals surface area contributed by atoms with Crippen molar-refractivity contribution >= 4 is 5.78 Å². The highest BCUT2D eigenvalue weighted by Crippen LogP contribution is 2.60. The van der Waals surface area contributed by atoms with Gasteiger partial charge < -0.3 is 15.3 Å². The molecule has 0 unspecified atom stereocenters. The summed E-state index contributed by atoms with van der Waals surface area (Å²) >= 11 is 0. The number of aliphatic hydroxyl groups excluding tert-OH is 3. The second kappa shape index (κ2) is 13.7. The molecule has 0 aromatic heterocycles. The second-order valence-electron chi connectivity index (χ2n) is 13.9. The molecular weight excluding hydrogens is 496 g/mol. The number of Topliss-reactive ketones (excluding diaryl/α,β-unsaturated/α-hetero) is 1. The van der Waals surface area contributed by atoms with Gasteiger partial charge in [-0.25, -0.2) is 0 Å². The molecule has 0 spiro atoms. The molecule has 0 bridgehead atoms. The van der Waals surface area contributed by atoms with Crippen LogP contribution in [0.3, 0.4) is 0 Å². The number of aliphatic hydroxyl groups is 3. The van der Waals surface area contributed by atoms with Gasteiger partial charge in [0.05, 0.1) is 23.7 Å². The summed E-state index contributed by atoms with van der Waals surface area (Å²) in [6, 6.07) is 0. The van der Waals surface area contributed by atoms with Crippen molar-refractivity contribution in [3.63, 3.8) is 0 Å². The van der Waals surface area contributed by atoms with Crippen molar-refractivity contribution in [3.05, 3.63) is 47.6 Å². The van der Waals surface area contributed by atoms with Crippen LogP contribution in [-0.2, 0) is 4.79 Å². The van der Waals surface area contributed by atoms with Crippen LogP contribution in [0, 0.1) is 28.6 Å². The van der Waals surface area contributed by atoms with E-state index in [1.165, 1.54) is 56.9 Å². The molecular formula is C36H56O4. The number of carbonyl (C=O) groups excluding carboxylic acids is 1. The predicted octanol–water partition coefficient (Wildman–Crippen LogP) is 7.78. The van der Waals surface area contributed by atoms with Gasteiger partial charge in [0.15, 0.2) is 0 Å². The van der Waals surface area contributed by atoms with Crippen LogP contribution in [-0.4, -0.2) is 39.4 Å². The summed E-state index contributed by atoms with van der Waals surface area (Å²) in [6.45, 7) is 11.1. The summed E-state index contributed by atoms with van der Waals surface area (Å²) in [5.74, 6) is 1.73. The maximum atomic E-state index is 13.0. The average molecular weight is 553 g/mol. The molecule has 40 heavy (non-hydrogen) atoms. The molecule has 4 heteroatoms. The highest BCUT2D eigenvalue weighted by molar-refractivity contribution is 5.88. The molecule has 0 saturated heterocycles. The third kappa shape index (κ3) is 6.93. The Balaban J connectivity index is 1.35. The standard InChI is InChI=1S/C36H56O4/c1-5-6-7-8-9-10-13-33(39)36(21-22-36)34(40)19-14-25(2)30-17-18-31-27(12-11-20-35(30,31)4)15-16-28-23-29(37)24-32(38)26(28)3/h14-16,19,25,29-32,34,37-38,40H,3,5-13,17-18,20-24H2,1-2,4H3/b19-14+,27-15+,28-16-/t25-,29-,30-,31+,32+,34+,35-/m1/s1. The Labute approximate surface area is 243 Å². The van der Waals surface area contributed by atoms with Gasteiger partial charge in [0.25, 0.3) is 0 Å². The third-order valence-corrected chi connectivity index (χ3v) is 11.2. The molecule has 4 aliphatic carbocycles. The van der Waals surface area contributed by atoms with E-state index in [0.29, 0.717) is 37.0 Å². The topological polar surface area (TPSA) is 77.8 Å². The number of allylic oxidation sites excluding steroid dienone is 4. The molecule has 4 nitrogen and oxygen atoms in total. The van der Waals surface area contributed by atoms with Gasteiger partial charge in [-0.15, -0.1) is 0 Å². The highest BCUT2D eigenvalue weighted by Gasteiger charge is 2.54. The molecule has 3 N–H and O–H groups in total. The van der Waals surface area contributed by atoms with Crippen LogP contribution < -0.4 is 0 Å². The zero-order chi connectivity index (χ0) is 28.9. The normalized spacial score (nSPS) is 35.3. The number of hydrogen-bond donors (Lipinski definition) is 3. The van der Waals surface area contributed by atoms with E-state index in [2.05, 4.69) is 45.6 Å². The van der Waals surface area contributed by atoms with Crippen molar-refractivity contribution in [3.8, 4) is 0 Å². The van der Waals surface area contributed by atoms with Crippen LogP contribution in [0.5, 0.6) is 0 Å². The van der Waals surface area contributed by atoms with Crippen LogP contribution >= 0.6 is 0 Å². The summed E-state index contributed by atoms with van der Waals surface area (Å²) in [5, 5.41) is 31.5. The average Bonchev–Trinajstić information content (AvgIpc) is 3.66. The number of rotatable bonds is 13. The smallest absolute Gasteiger partial charge is 0.141 e. The molecule has 4 saturated carbocycles. The number of hydrogen-bond acceptors (Lipinski definition) is 4. The monoisotopic (exact) mass is 552 g/mol. The Morgan fingerprint density at radius 3 is 2.50 bits per heavy atom. The molecule has 0 aromatic rings. The summed E-state index contributed by atoms with van der Waals surface area (Å²) in [6.07, 6.45) is 22.9. The third-order valence-electron chi connectivity index (χ3n) is 11.2. The molecule has 4 rings (SSSR count). The van der Waals surface area contributed by atoms with E-state index >= 15 is 0 Å². The van der Waals surface area contributed by atoms with E-state index in [4.69, 9.17) is 0 Å². The quantitative estimate of drug-likeness (QED) is 0.161. The van der Waals surface area contributed by atoms with Crippen LogP contribution in [0.2, 0.25) is 0 Å². The summed E-state index contributed by atoms with van der Waals surface area (Å²) in [7, 11) is 0. The second-order valence-corrected chi connectivity index (χ2v) is 13.9. The van der Waals surface area contributed by atoms with E-state index < -0.39 is 23.7 Å². The van der Waals surface area contributed by atoms with Gasteiger partial charge >= 0.3 is 0 Å². The van der Waals surface area contributed by atoms with Crippen LogP contribution in [0.1, 0.15) is 124 Å². The van der Waals surface area contributed by atoms with Crippen molar-refractivity contribution in [1.29, 1.82) is 0 Å². The van der Waals surface area contributed by atoms with Crippen LogP contribution in [0.4, 0.5) is 0 Å². The molecule has 0 heterocycles. The van der Waals surface area contributed by atoms with E-state index in [0.717, 1.165) is 43.3 Å². The molecule has 224 valence electrons. The Morgan fingerprint density at radius 2 is 1.77 bits per heavy atom. The number of carbonyl (C=O) groups is 1. The Hall–Kier alpha value is -1.49. The minimum Gasteiger partial charge on any atom is -0.393 e. The maximum absolute atomic E-state index is 13.0. The fraction of sp³-hybridized carbons (Fsp3) is 0.750. The SMILES string of the molecule is C=C1/C(=C\C=C2/CCC[C@]3(C)[C@@H]([C@H](C)/C=C/[C@H](O)C4(C(=O)CCCCCCCC)CC4)CC[C@@H]23)C[C@@H](O)C[C@@H]1O. The van der Waals surface area contributed by atoms with Crippen molar-refractivity contribution in [2.45, 2.75) is 142 Å². The van der Waals surface area contributed by atoms with Crippen molar-refractivity contribution in [2.24, 2.45) is 28.6 Å². The van der Waals surface area contributed by atoms with Gasteiger partial charge in [0.2, 0.25) is 0 Å². The van der Waals surface area contributed by atoms with Gasteiger partial charge in [-0.3, -0.25) is 4.79 Å². The fourth-order valence-electron chi connectivity index (χ4n) is 8.40. The lowest BCUT2D eigenvalue weighted by atomic mass is 9.61. The van der Waals surface area contributed by atoms with E-state index in [-0.39, 0.29) is 11.2 Å². The van der Waals surface area contributed by atoms with Gasteiger partial charge in [0.1, 0.15) is 5.78 Å². The molecule has 0 amide bonds. The Bertz CT molecular complexity index is 985. The van der Waals surface area contributed by atoms with Crippen molar-refractivity contribution in [2.75, 3.05) is 0 Å². The number of ketones is 1. The molecule has 4 fully saturated rings. The van der Waals surface area contributed by atoms with Crippen molar-refractivity contribution in [1.82, 2.24) is 0 Å². The first kappa shape index (κ1) is 31.4. The first-order valence-corrected chi connectivity index (χ1v) is 16.5. The molecule has 4 aliphatic rings. The fourth-order valence-corrected chi connectivity index (χ4v) is 8.40. The molecule has 7 atom stereocenters. The van der Waals surface area contributed by atoms with E-state index in [1.807, 2.05) is 6.08 Å². The number of unbranched alkanes of at least 4 members (excludes halogenated alkanes) is 5. The lowest BCUT2D eigenvalue weighted by molar-refractivity contribution is -0.127. The minimum absolute atomic E-state index is 0.227. The summed E-state index contributed by atoms with van der Waals surface area (Å²) in [4.78, 5) is 13.0. The summed E-state index contributed by atoms with van der Waals surface area (Å²) < 4.78 is 0. The minimum atomic E-state index is -0.657. The lowest BCUT2D eigenvalue weighted by Crippen LogP contribution is -2.35. The highest BCUT2D eigenvalue weighted by atomic mass is 16.3. The molecule has 0 aliphatic heterocycles. The van der Waals surface area contributed by atoms with Crippen molar-refractivity contribution < 1.29 is 20.1 Å². The summed E-state index contributed by atoms with van der Waals surface area (Å²) in [5.41, 5.74) is 2.94. The first-order chi connectivity index (χ1) is 19.1. The van der Waals surface area contributed by atoms with Gasteiger partial charge in [0, 0.05) is 12.8 Å². The van der Waals surface area contributed by atoms with E-state index in [9.17, 15) is 20.1 Å². The Morgan fingerprint density at radius 1 is 1.05 bits per heavy atom. The van der Waals surface area contributed by atoms with Crippen LogP contribution in [0.15, 0.2) is 47.6 Å². The Kier molecular flexibility index (Phi) is 10.7. The first-order valence-electron chi connectivity index (χ1n) is 16.5. The van der Waals surface area contributed by atoms with Gasteiger partial charge in [-0.2, -0.15) is 0 Å². The van der Waals surface area contributed by atoms with Crippen LogP contribution in [0.25, 0.3) is 0 Å². The number of fused-ring (bicyclic) bond motifs is 1.